The number of carboxylic acids is 1. The minimum Gasteiger partial charge on any atom is -0.481 e. The molecule has 0 aromatic heterocycles. The molecule has 3 fully saturated rings. The van der Waals surface area contributed by atoms with Gasteiger partial charge >= 0.3 is 5.97 Å². The Labute approximate surface area is 123 Å². The fourth-order valence-corrected chi connectivity index (χ4v) is 3.76. The maximum absolute atomic E-state index is 12.3. The molecule has 2 amide bonds. The van der Waals surface area contributed by atoms with Gasteiger partial charge in [-0.3, -0.25) is 19.3 Å². The first-order valence-electron chi connectivity index (χ1n) is 7.78. The molecule has 1 aliphatic carbocycles. The molecule has 0 aromatic carbocycles. The van der Waals surface area contributed by atoms with Crippen LogP contribution in [-0.2, 0) is 19.1 Å². The number of carbonyl (C=O) groups excluding carboxylic acids is 2. The van der Waals surface area contributed by atoms with Gasteiger partial charge in [0, 0.05) is 6.54 Å². The molecule has 0 aromatic rings. The molecular weight excluding hydrogens is 274 g/mol. The number of carboxylic acid groups (broad SMARTS) is 1. The third-order valence-electron chi connectivity index (χ3n) is 5.08. The Morgan fingerprint density at radius 3 is 2.10 bits per heavy atom. The molecule has 2 bridgehead atoms. The van der Waals surface area contributed by atoms with Gasteiger partial charge in [-0.1, -0.05) is 25.7 Å². The monoisotopic (exact) mass is 295 g/mol. The lowest BCUT2D eigenvalue weighted by molar-refractivity contribution is -0.172. The summed E-state index contributed by atoms with van der Waals surface area (Å²) >= 11 is 0. The summed E-state index contributed by atoms with van der Waals surface area (Å²) in [5, 5.41) is 9.68. The third kappa shape index (κ3) is 2.46. The van der Waals surface area contributed by atoms with Crippen molar-refractivity contribution in [1.29, 1.82) is 0 Å². The van der Waals surface area contributed by atoms with Gasteiger partial charge in [0.25, 0.3) is 11.8 Å². The van der Waals surface area contributed by atoms with Gasteiger partial charge in [-0.25, -0.2) is 0 Å². The molecule has 2 aliphatic heterocycles. The molecule has 0 spiro atoms. The summed E-state index contributed by atoms with van der Waals surface area (Å²) in [7, 11) is 0. The lowest BCUT2D eigenvalue weighted by Gasteiger charge is -2.37. The van der Waals surface area contributed by atoms with Crippen molar-refractivity contribution in [1.82, 2.24) is 4.90 Å². The number of ether oxygens (including phenoxy) is 1. The van der Waals surface area contributed by atoms with Crippen molar-refractivity contribution in [2.24, 2.45) is 5.41 Å². The van der Waals surface area contributed by atoms with Gasteiger partial charge in [-0.2, -0.15) is 0 Å². The molecule has 6 heteroatoms. The number of rotatable bonds is 3. The van der Waals surface area contributed by atoms with Crippen molar-refractivity contribution in [3.05, 3.63) is 0 Å². The van der Waals surface area contributed by atoms with E-state index < -0.39 is 23.6 Å². The Morgan fingerprint density at radius 1 is 1.10 bits per heavy atom. The van der Waals surface area contributed by atoms with Crippen molar-refractivity contribution in [2.45, 2.75) is 63.6 Å². The summed E-state index contributed by atoms with van der Waals surface area (Å²) < 4.78 is 5.37. The van der Waals surface area contributed by atoms with E-state index in [2.05, 4.69) is 0 Å². The summed E-state index contributed by atoms with van der Waals surface area (Å²) in [5.41, 5.74) is -0.974. The van der Waals surface area contributed by atoms with Crippen LogP contribution < -0.4 is 0 Å². The van der Waals surface area contributed by atoms with E-state index >= 15 is 0 Å². The number of aliphatic carboxylic acids is 1. The second kappa shape index (κ2) is 5.40. The maximum atomic E-state index is 12.3. The molecule has 0 radical (unpaired) electrons. The van der Waals surface area contributed by atoms with Crippen molar-refractivity contribution in [2.75, 3.05) is 6.54 Å². The largest absolute Gasteiger partial charge is 0.481 e. The Bertz CT molecular complexity index is 445. The van der Waals surface area contributed by atoms with Crippen LogP contribution in [0.5, 0.6) is 0 Å². The van der Waals surface area contributed by atoms with E-state index in [1.54, 1.807) is 0 Å². The summed E-state index contributed by atoms with van der Waals surface area (Å²) in [4.78, 5) is 37.6. The number of morpholine rings is 1. The van der Waals surface area contributed by atoms with Crippen LogP contribution >= 0.6 is 0 Å². The number of nitrogens with zero attached hydrogens (tertiary/aromatic N) is 1. The van der Waals surface area contributed by atoms with Crippen LogP contribution in [0.3, 0.4) is 0 Å². The van der Waals surface area contributed by atoms with E-state index in [9.17, 15) is 19.5 Å². The molecule has 3 rings (SSSR count). The number of carbonyl (C=O) groups is 3. The molecule has 1 N–H and O–H groups in total. The van der Waals surface area contributed by atoms with E-state index in [4.69, 9.17) is 4.74 Å². The van der Waals surface area contributed by atoms with Crippen LogP contribution in [0.2, 0.25) is 0 Å². The van der Waals surface area contributed by atoms with Crippen molar-refractivity contribution < 1.29 is 24.2 Å². The van der Waals surface area contributed by atoms with Gasteiger partial charge in [0.05, 0.1) is 5.41 Å². The minimum atomic E-state index is -0.974. The van der Waals surface area contributed by atoms with Crippen LogP contribution in [0.15, 0.2) is 0 Å². The van der Waals surface area contributed by atoms with Crippen molar-refractivity contribution in [3.63, 3.8) is 0 Å². The molecule has 2 unspecified atom stereocenters. The highest BCUT2D eigenvalue weighted by Gasteiger charge is 2.50. The van der Waals surface area contributed by atoms with E-state index in [-0.39, 0.29) is 18.4 Å². The maximum Gasteiger partial charge on any atom is 0.311 e. The summed E-state index contributed by atoms with van der Waals surface area (Å²) in [5.74, 6) is -1.58. The number of imide groups is 1. The van der Waals surface area contributed by atoms with Gasteiger partial charge in [-0.05, 0) is 25.7 Å². The second-order valence-corrected chi connectivity index (χ2v) is 6.45. The molecule has 3 aliphatic rings. The van der Waals surface area contributed by atoms with Crippen molar-refractivity contribution >= 4 is 17.8 Å². The van der Waals surface area contributed by atoms with Crippen LogP contribution in [0, 0.1) is 5.41 Å². The molecule has 2 atom stereocenters. The van der Waals surface area contributed by atoms with Gasteiger partial charge in [0.2, 0.25) is 0 Å². The predicted molar refractivity (Wildman–Crippen MR) is 72.4 cm³/mol. The first kappa shape index (κ1) is 14.5. The van der Waals surface area contributed by atoms with Gasteiger partial charge in [0.1, 0.15) is 12.2 Å². The van der Waals surface area contributed by atoms with Crippen LogP contribution in [0.25, 0.3) is 0 Å². The Balaban J connectivity index is 1.83. The fraction of sp³-hybridized carbons (Fsp3) is 0.800. The van der Waals surface area contributed by atoms with Gasteiger partial charge < -0.3 is 9.84 Å². The van der Waals surface area contributed by atoms with E-state index in [0.29, 0.717) is 25.7 Å². The number of hydrogen-bond donors (Lipinski definition) is 1. The third-order valence-corrected chi connectivity index (χ3v) is 5.08. The van der Waals surface area contributed by atoms with E-state index in [0.717, 1.165) is 25.7 Å². The Kier molecular flexibility index (Phi) is 3.73. The standard InChI is InChI=1S/C15H21NO5/c17-12-10-5-6-11(21-10)13(18)16(12)9-15(14(19)20)7-3-1-2-4-8-15/h10-11H,1-9H2,(H,19,20). The van der Waals surface area contributed by atoms with Crippen LogP contribution in [-0.4, -0.2) is 46.5 Å². The number of fused-ring (bicyclic) bond motifs is 2. The zero-order valence-corrected chi connectivity index (χ0v) is 12.0. The smallest absolute Gasteiger partial charge is 0.311 e. The predicted octanol–water partition coefficient (Wildman–Crippen LogP) is 1.33. The van der Waals surface area contributed by atoms with Crippen LogP contribution in [0.4, 0.5) is 0 Å². The SMILES string of the molecule is O=C1C2CCC(O2)C(=O)N1CC1(C(=O)O)CCCCCC1. The Hall–Kier alpha value is -1.43. The molecule has 1 saturated carbocycles. The molecule has 2 heterocycles. The lowest BCUT2D eigenvalue weighted by atomic mass is 9.79. The van der Waals surface area contributed by atoms with Crippen LogP contribution in [0.1, 0.15) is 51.4 Å². The summed E-state index contributed by atoms with van der Waals surface area (Å²) in [6, 6.07) is 0. The number of likely N-dealkylation sites (tertiary alicyclic amines) is 1. The van der Waals surface area contributed by atoms with E-state index in [1.165, 1.54) is 4.90 Å². The highest BCUT2D eigenvalue weighted by atomic mass is 16.5. The molecule has 21 heavy (non-hydrogen) atoms. The zero-order valence-electron chi connectivity index (χ0n) is 12.0. The zero-order chi connectivity index (χ0) is 15.0. The molecule has 6 nitrogen and oxygen atoms in total. The highest BCUT2D eigenvalue weighted by molar-refractivity contribution is 6.02. The average molecular weight is 295 g/mol. The number of hydrogen-bond acceptors (Lipinski definition) is 4. The van der Waals surface area contributed by atoms with Crippen molar-refractivity contribution in [3.8, 4) is 0 Å². The highest BCUT2D eigenvalue weighted by Crippen LogP contribution is 2.38. The van der Waals surface area contributed by atoms with Gasteiger partial charge in [-0.15, -0.1) is 0 Å². The summed E-state index contributed by atoms with van der Waals surface area (Å²) in [6.07, 6.45) is 4.81. The average Bonchev–Trinajstić information content (AvgIpc) is 2.78. The Morgan fingerprint density at radius 2 is 1.62 bits per heavy atom. The lowest BCUT2D eigenvalue weighted by Crippen LogP contribution is -2.56. The summed E-state index contributed by atoms with van der Waals surface area (Å²) in [6.45, 7) is 0.0103. The second-order valence-electron chi connectivity index (χ2n) is 6.45. The van der Waals surface area contributed by atoms with Gasteiger partial charge in [0.15, 0.2) is 0 Å². The normalized spacial score (nSPS) is 32.1. The molecule has 116 valence electrons. The topological polar surface area (TPSA) is 83.9 Å². The fourth-order valence-electron chi connectivity index (χ4n) is 3.76. The quantitative estimate of drug-likeness (QED) is 0.627. The van der Waals surface area contributed by atoms with E-state index in [1.807, 2.05) is 0 Å². The first-order valence-corrected chi connectivity index (χ1v) is 7.78. The molecular formula is C15H21NO5. The minimum absolute atomic E-state index is 0.0103. The molecule has 2 saturated heterocycles. The first-order chi connectivity index (χ1) is 10.0. The number of amides is 2.